The Hall–Kier alpha value is -1.28. The lowest BCUT2D eigenvalue weighted by molar-refractivity contribution is -0.136. The van der Waals surface area contributed by atoms with Gasteiger partial charge in [0, 0.05) is 10.6 Å². The highest BCUT2D eigenvalue weighted by Gasteiger charge is 2.31. The molecule has 0 unspecified atom stereocenters. The second kappa shape index (κ2) is 5.38. The van der Waals surface area contributed by atoms with Crippen LogP contribution in [0.2, 0.25) is 5.02 Å². The molecule has 1 aromatic rings. The van der Waals surface area contributed by atoms with Crippen LogP contribution in [0.25, 0.3) is 5.57 Å². The number of hydrogen-bond donors (Lipinski definition) is 0. The summed E-state index contributed by atoms with van der Waals surface area (Å²) in [5.74, 6) is -0.231. The van der Waals surface area contributed by atoms with Crippen LogP contribution in [-0.2, 0) is 9.53 Å². The minimum Gasteiger partial charge on any atom is -0.466 e. The maximum absolute atomic E-state index is 11.9. The highest BCUT2D eigenvalue weighted by Crippen LogP contribution is 2.44. The molecule has 0 bridgehead atoms. The lowest BCUT2D eigenvalue weighted by Crippen LogP contribution is -2.22. The Morgan fingerprint density at radius 1 is 1.32 bits per heavy atom. The van der Waals surface area contributed by atoms with Crippen molar-refractivity contribution in [3.05, 3.63) is 40.4 Å². The maximum atomic E-state index is 11.9. The number of methoxy groups -OCH3 is 1. The van der Waals surface area contributed by atoms with Crippen molar-refractivity contribution in [3.63, 3.8) is 0 Å². The van der Waals surface area contributed by atoms with E-state index < -0.39 is 0 Å². The van der Waals surface area contributed by atoms with E-state index in [1.54, 1.807) is 0 Å². The average molecular weight is 279 g/mol. The Labute approximate surface area is 119 Å². The van der Waals surface area contributed by atoms with Crippen molar-refractivity contribution in [2.75, 3.05) is 7.11 Å². The Bertz CT molecular complexity index is 529. The Morgan fingerprint density at radius 3 is 2.63 bits per heavy atom. The molecule has 0 radical (unpaired) electrons. The number of ether oxygens (including phenoxy) is 1. The van der Waals surface area contributed by atoms with E-state index in [-0.39, 0.29) is 11.4 Å². The highest BCUT2D eigenvalue weighted by molar-refractivity contribution is 6.32. The van der Waals surface area contributed by atoms with E-state index in [0.717, 1.165) is 36.0 Å². The number of hydrogen-bond acceptors (Lipinski definition) is 2. The van der Waals surface area contributed by atoms with Crippen molar-refractivity contribution in [1.29, 1.82) is 0 Å². The maximum Gasteiger partial charge on any atom is 0.334 e. The van der Waals surface area contributed by atoms with Crippen LogP contribution in [0.4, 0.5) is 0 Å². The normalized spacial score (nSPS) is 18.3. The van der Waals surface area contributed by atoms with E-state index in [4.69, 9.17) is 16.3 Å². The fourth-order valence-corrected chi connectivity index (χ4v) is 2.85. The summed E-state index contributed by atoms with van der Waals surface area (Å²) >= 11 is 6.28. The summed E-state index contributed by atoms with van der Waals surface area (Å²) in [7, 11) is 1.43. The summed E-state index contributed by atoms with van der Waals surface area (Å²) in [5.41, 5.74) is 2.95. The molecule has 0 amide bonds. The van der Waals surface area contributed by atoms with Crippen LogP contribution in [0.15, 0.2) is 29.8 Å². The topological polar surface area (TPSA) is 26.3 Å². The van der Waals surface area contributed by atoms with Gasteiger partial charge in [-0.1, -0.05) is 43.6 Å². The van der Waals surface area contributed by atoms with Gasteiger partial charge in [0.1, 0.15) is 0 Å². The van der Waals surface area contributed by atoms with Crippen LogP contribution in [0.3, 0.4) is 0 Å². The van der Waals surface area contributed by atoms with Gasteiger partial charge in [0.15, 0.2) is 0 Å². The molecule has 2 rings (SSSR count). The van der Waals surface area contributed by atoms with Gasteiger partial charge in [0.25, 0.3) is 0 Å². The fourth-order valence-electron chi connectivity index (χ4n) is 2.60. The minimum absolute atomic E-state index is 0.187. The molecule has 0 fully saturated rings. The van der Waals surface area contributed by atoms with Crippen molar-refractivity contribution in [3.8, 4) is 0 Å². The van der Waals surface area contributed by atoms with Gasteiger partial charge in [0.2, 0.25) is 0 Å². The van der Waals surface area contributed by atoms with Gasteiger partial charge in [-0.15, -0.1) is 0 Å². The molecular formula is C16H19ClO2. The summed E-state index contributed by atoms with van der Waals surface area (Å²) in [5, 5.41) is 0.691. The summed E-state index contributed by atoms with van der Waals surface area (Å²) in [6.07, 6.45) is 2.59. The number of benzene rings is 1. The minimum atomic E-state index is -0.231. The van der Waals surface area contributed by atoms with Crippen LogP contribution in [0.1, 0.15) is 38.7 Å². The molecule has 3 heteroatoms. The Balaban J connectivity index is 2.54. The second-order valence-electron chi connectivity index (χ2n) is 5.77. The summed E-state index contributed by atoms with van der Waals surface area (Å²) < 4.78 is 4.91. The first-order valence-electron chi connectivity index (χ1n) is 6.50. The number of rotatable bonds is 2. The van der Waals surface area contributed by atoms with Crippen molar-refractivity contribution in [2.24, 2.45) is 5.41 Å². The van der Waals surface area contributed by atoms with Crippen LogP contribution in [0, 0.1) is 5.41 Å². The van der Waals surface area contributed by atoms with Crippen LogP contribution >= 0.6 is 11.6 Å². The molecule has 2 nitrogen and oxygen atoms in total. The van der Waals surface area contributed by atoms with Gasteiger partial charge < -0.3 is 4.74 Å². The smallest absolute Gasteiger partial charge is 0.334 e. The number of allylic oxidation sites excluding steroid dienone is 1. The van der Waals surface area contributed by atoms with Crippen LogP contribution < -0.4 is 0 Å². The molecule has 0 saturated heterocycles. The highest BCUT2D eigenvalue weighted by atomic mass is 35.5. The number of carbonyl (C=O) groups is 1. The zero-order valence-corrected chi connectivity index (χ0v) is 12.4. The molecule has 0 spiro atoms. The second-order valence-corrected chi connectivity index (χ2v) is 6.18. The van der Waals surface area contributed by atoms with Gasteiger partial charge in [-0.2, -0.15) is 0 Å². The number of esters is 1. The molecule has 1 aliphatic rings. The quantitative estimate of drug-likeness (QED) is 0.746. The SMILES string of the molecule is COC(=O)C1=C(c2ccccc2Cl)CC(C)(C)CC1. The average Bonchev–Trinajstić information content (AvgIpc) is 2.37. The third-order valence-electron chi connectivity index (χ3n) is 3.70. The number of carbonyl (C=O) groups excluding carboxylic acids is 1. The first kappa shape index (κ1) is 14.1. The third-order valence-corrected chi connectivity index (χ3v) is 4.03. The van der Waals surface area contributed by atoms with Crippen molar-refractivity contribution in [2.45, 2.75) is 33.1 Å². The first-order valence-corrected chi connectivity index (χ1v) is 6.88. The molecule has 1 aliphatic carbocycles. The predicted octanol–water partition coefficient (Wildman–Crippen LogP) is 4.48. The monoisotopic (exact) mass is 278 g/mol. The molecule has 0 heterocycles. The molecule has 0 N–H and O–H groups in total. The van der Waals surface area contributed by atoms with Gasteiger partial charge >= 0.3 is 5.97 Å². The van der Waals surface area contributed by atoms with Crippen molar-refractivity contribution < 1.29 is 9.53 Å². The molecule has 1 aromatic carbocycles. The van der Waals surface area contributed by atoms with E-state index >= 15 is 0 Å². The standard InChI is InChI=1S/C16H19ClO2/c1-16(2)9-8-12(15(18)19-3)13(10-16)11-6-4-5-7-14(11)17/h4-7H,8-10H2,1-3H3. The fraction of sp³-hybridized carbons (Fsp3) is 0.438. The Kier molecular flexibility index (Phi) is 4.00. The summed E-state index contributed by atoms with van der Waals surface area (Å²) in [4.78, 5) is 11.9. The zero-order valence-electron chi connectivity index (χ0n) is 11.6. The van der Waals surface area contributed by atoms with Gasteiger partial charge in [-0.3, -0.25) is 0 Å². The van der Waals surface area contributed by atoms with E-state index in [1.165, 1.54) is 7.11 Å². The van der Waals surface area contributed by atoms with Crippen LogP contribution in [0.5, 0.6) is 0 Å². The predicted molar refractivity (Wildman–Crippen MR) is 78.0 cm³/mol. The van der Waals surface area contributed by atoms with E-state index in [2.05, 4.69) is 13.8 Å². The molecule has 102 valence electrons. The molecular weight excluding hydrogens is 260 g/mol. The molecule has 0 saturated carbocycles. The van der Waals surface area contributed by atoms with Crippen LogP contribution in [-0.4, -0.2) is 13.1 Å². The van der Waals surface area contributed by atoms with E-state index in [0.29, 0.717) is 5.02 Å². The van der Waals surface area contributed by atoms with Gasteiger partial charge in [0.05, 0.1) is 7.11 Å². The lowest BCUT2D eigenvalue weighted by atomic mass is 9.72. The van der Waals surface area contributed by atoms with E-state index in [9.17, 15) is 4.79 Å². The Morgan fingerprint density at radius 2 is 2.00 bits per heavy atom. The van der Waals surface area contributed by atoms with Gasteiger partial charge in [-0.25, -0.2) is 4.79 Å². The molecule has 19 heavy (non-hydrogen) atoms. The van der Waals surface area contributed by atoms with Gasteiger partial charge in [-0.05, 0) is 41.9 Å². The third kappa shape index (κ3) is 3.01. The summed E-state index contributed by atoms with van der Waals surface area (Å²) in [6.45, 7) is 4.44. The number of halogens is 1. The molecule has 0 aliphatic heterocycles. The first-order chi connectivity index (χ1) is 8.94. The van der Waals surface area contributed by atoms with E-state index in [1.807, 2.05) is 24.3 Å². The zero-order chi connectivity index (χ0) is 14.0. The van der Waals surface area contributed by atoms with Crippen molar-refractivity contribution >= 4 is 23.1 Å². The molecule has 0 atom stereocenters. The largest absolute Gasteiger partial charge is 0.466 e. The lowest BCUT2D eigenvalue weighted by Gasteiger charge is -2.32. The van der Waals surface area contributed by atoms with Crippen molar-refractivity contribution in [1.82, 2.24) is 0 Å². The summed E-state index contributed by atoms with van der Waals surface area (Å²) in [6, 6.07) is 7.69. The molecule has 0 aromatic heterocycles.